The molecule has 2 heterocycles. The minimum atomic E-state index is -0.893. The van der Waals surface area contributed by atoms with Crippen molar-refractivity contribution in [2.45, 2.75) is 6.42 Å². The van der Waals surface area contributed by atoms with Gasteiger partial charge in [-0.15, -0.1) is 0 Å². The summed E-state index contributed by atoms with van der Waals surface area (Å²) >= 11 is 0. The first kappa shape index (κ1) is 10.4. The second kappa shape index (κ2) is 4.14. The summed E-state index contributed by atoms with van der Waals surface area (Å²) < 4.78 is 1.60. The summed E-state index contributed by atoms with van der Waals surface area (Å²) in [6, 6.07) is 5.51. The van der Waals surface area contributed by atoms with E-state index in [4.69, 9.17) is 5.11 Å². The van der Waals surface area contributed by atoms with E-state index < -0.39 is 5.97 Å². The third-order valence-electron chi connectivity index (χ3n) is 2.16. The number of carboxylic acids is 1. The summed E-state index contributed by atoms with van der Waals surface area (Å²) in [6.07, 6.45) is 3.36. The summed E-state index contributed by atoms with van der Waals surface area (Å²) in [4.78, 5) is 14.9. The van der Waals surface area contributed by atoms with Gasteiger partial charge in [-0.2, -0.15) is 5.10 Å². The second-order valence-electron chi connectivity index (χ2n) is 3.45. The lowest BCUT2D eigenvalue weighted by Crippen LogP contribution is -2.02. The molecule has 0 aromatic carbocycles. The maximum atomic E-state index is 10.7. The van der Waals surface area contributed by atoms with E-state index in [2.05, 4.69) is 10.1 Å². The molecule has 2 aromatic rings. The number of carbonyl (C=O) groups is 1. The largest absolute Gasteiger partial charge is 0.481 e. The van der Waals surface area contributed by atoms with Gasteiger partial charge in [-0.05, 0) is 12.1 Å². The van der Waals surface area contributed by atoms with E-state index in [0.29, 0.717) is 5.69 Å². The summed E-state index contributed by atoms with van der Waals surface area (Å²) in [6.45, 7) is 0. The Morgan fingerprint density at radius 2 is 2.31 bits per heavy atom. The summed E-state index contributed by atoms with van der Waals surface area (Å²) in [5.74, 6) is -0.893. The van der Waals surface area contributed by atoms with Gasteiger partial charge in [-0.3, -0.25) is 14.5 Å². The summed E-state index contributed by atoms with van der Waals surface area (Å²) in [7, 11) is 1.76. The molecule has 1 N–H and O–H groups in total. The van der Waals surface area contributed by atoms with Gasteiger partial charge < -0.3 is 5.11 Å². The Balaban J connectivity index is 2.44. The fraction of sp³-hybridized carbons (Fsp3) is 0.182. The fourth-order valence-corrected chi connectivity index (χ4v) is 1.54. The maximum Gasteiger partial charge on any atom is 0.309 e. The van der Waals surface area contributed by atoms with Gasteiger partial charge >= 0.3 is 5.97 Å². The van der Waals surface area contributed by atoms with Crippen molar-refractivity contribution in [3.63, 3.8) is 0 Å². The lowest BCUT2D eigenvalue weighted by atomic mass is 10.1. The normalized spacial score (nSPS) is 10.3. The molecule has 2 aromatic heterocycles. The van der Waals surface area contributed by atoms with Crippen molar-refractivity contribution < 1.29 is 9.90 Å². The number of hydrogen-bond donors (Lipinski definition) is 1. The third kappa shape index (κ3) is 2.08. The van der Waals surface area contributed by atoms with E-state index in [1.807, 2.05) is 18.2 Å². The number of rotatable bonds is 3. The number of carboxylic acid groups (broad SMARTS) is 1. The average Bonchev–Trinajstić information content (AvgIpc) is 2.60. The van der Waals surface area contributed by atoms with Gasteiger partial charge in [0.05, 0.1) is 17.8 Å². The average molecular weight is 217 g/mol. The molecule has 0 fully saturated rings. The van der Waals surface area contributed by atoms with Crippen molar-refractivity contribution in [2.24, 2.45) is 7.05 Å². The van der Waals surface area contributed by atoms with Gasteiger partial charge in [0.25, 0.3) is 0 Å². The highest BCUT2D eigenvalue weighted by atomic mass is 16.4. The molecule has 0 atom stereocenters. The van der Waals surface area contributed by atoms with Crippen LogP contribution in [0, 0.1) is 0 Å². The van der Waals surface area contributed by atoms with Gasteiger partial charge in [-0.25, -0.2) is 0 Å². The molecule has 0 aliphatic rings. The number of pyridine rings is 1. The number of aryl methyl sites for hydroxylation is 1. The molecule has 5 heteroatoms. The van der Waals surface area contributed by atoms with Crippen LogP contribution in [-0.4, -0.2) is 25.8 Å². The van der Waals surface area contributed by atoms with Crippen LogP contribution in [0.25, 0.3) is 11.3 Å². The number of hydrogen-bond acceptors (Lipinski definition) is 3. The van der Waals surface area contributed by atoms with E-state index in [-0.39, 0.29) is 6.42 Å². The standard InChI is InChI=1S/C11H11N3O2/c1-14-7-8(9-4-2-3-5-12-9)10(13-14)6-11(15)16/h2-5,7H,6H2,1H3,(H,15,16). The molecule has 0 saturated heterocycles. The van der Waals surface area contributed by atoms with E-state index in [1.165, 1.54) is 0 Å². The second-order valence-corrected chi connectivity index (χ2v) is 3.45. The zero-order chi connectivity index (χ0) is 11.5. The molecule has 0 radical (unpaired) electrons. The van der Waals surface area contributed by atoms with Crippen molar-refractivity contribution in [2.75, 3.05) is 0 Å². The maximum absolute atomic E-state index is 10.7. The molecule has 5 nitrogen and oxygen atoms in total. The highest BCUT2D eigenvalue weighted by Crippen LogP contribution is 2.20. The molecule has 0 amide bonds. The van der Waals surface area contributed by atoms with Crippen LogP contribution in [0.1, 0.15) is 5.69 Å². The SMILES string of the molecule is Cn1cc(-c2ccccn2)c(CC(=O)O)n1. The van der Waals surface area contributed by atoms with Crippen LogP contribution in [0.2, 0.25) is 0 Å². The molecule has 16 heavy (non-hydrogen) atoms. The minimum Gasteiger partial charge on any atom is -0.481 e. The predicted molar refractivity (Wildman–Crippen MR) is 57.8 cm³/mol. The first-order valence-corrected chi connectivity index (χ1v) is 4.82. The number of aliphatic carboxylic acids is 1. The van der Waals surface area contributed by atoms with Crippen LogP contribution in [0.5, 0.6) is 0 Å². The van der Waals surface area contributed by atoms with Crippen molar-refractivity contribution in [3.8, 4) is 11.3 Å². The quantitative estimate of drug-likeness (QED) is 0.836. The first-order valence-electron chi connectivity index (χ1n) is 4.82. The van der Waals surface area contributed by atoms with Crippen molar-refractivity contribution in [1.82, 2.24) is 14.8 Å². The molecule has 0 aliphatic carbocycles. The molecule has 0 aliphatic heterocycles. The molecule has 0 spiro atoms. The molecule has 2 rings (SSSR count). The van der Waals surface area contributed by atoms with Crippen LogP contribution in [-0.2, 0) is 18.3 Å². The van der Waals surface area contributed by atoms with Gasteiger partial charge in [0.15, 0.2) is 0 Å². The Morgan fingerprint density at radius 3 is 2.94 bits per heavy atom. The lowest BCUT2D eigenvalue weighted by molar-refractivity contribution is -0.136. The Kier molecular flexibility index (Phi) is 2.68. The Morgan fingerprint density at radius 1 is 1.50 bits per heavy atom. The van der Waals surface area contributed by atoms with Crippen molar-refractivity contribution >= 4 is 5.97 Å². The van der Waals surface area contributed by atoms with Crippen LogP contribution in [0.4, 0.5) is 0 Å². The predicted octanol–water partition coefficient (Wildman–Crippen LogP) is 1.11. The van der Waals surface area contributed by atoms with Gasteiger partial charge in [0.1, 0.15) is 0 Å². The molecular formula is C11H11N3O2. The summed E-state index contributed by atoms with van der Waals surface area (Å²) in [5, 5.41) is 12.9. The van der Waals surface area contributed by atoms with Crippen molar-refractivity contribution in [3.05, 3.63) is 36.3 Å². The van der Waals surface area contributed by atoms with E-state index in [0.717, 1.165) is 11.3 Å². The molecule has 82 valence electrons. The monoisotopic (exact) mass is 217 g/mol. The minimum absolute atomic E-state index is 0.0905. The van der Waals surface area contributed by atoms with Gasteiger partial charge in [0.2, 0.25) is 0 Å². The first-order chi connectivity index (χ1) is 7.66. The smallest absolute Gasteiger partial charge is 0.309 e. The highest BCUT2D eigenvalue weighted by Gasteiger charge is 2.13. The van der Waals surface area contributed by atoms with E-state index in [1.54, 1.807) is 24.1 Å². The van der Waals surface area contributed by atoms with Gasteiger partial charge in [-0.1, -0.05) is 6.07 Å². The third-order valence-corrected chi connectivity index (χ3v) is 2.16. The summed E-state index contributed by atoms with van der Waals surface area (Å²) in [5.41, 5.74) is 2.05. The Labute approximate surface area is 92.4 Å². The highest BCUT2D eigenvalue weighted by molar-refractivity contribution is 5.74. The molecule has 0 saturated carbocycles. The number of nitrogens with zero attached hydrogens (tertiary/aromatic N) is 3. The van der Waals surface area contributed by atoms with Gasteiger partial charge in [0, 0.05) is 25.0 Å². The number of aromatic nitrogens is 3. The zero-order valence-corrected chi connectivity index (χ0v) is 8.79. The van der Waals surface area contributed by atoms with Crippen molar-refractivity contribution in [1.29, 1.82) is 0 Å². The molecule has 0 unspecified atom stereocenters. The van der Waals surface area contributed by atoms with Crippen LogP contribution in [0.15, 0.2) is 30.6 Å². The van der Waals surface area contributed by atoms with Crippen LogP contribution < -0.4 is 0 Å². The van der Waals surface area contributed by atoms with Crippen LogP contribution in [0.3, 0.4) is 0 Å². The Bertz CT molecular complexity index is 505. The molecule has 0 bridgehead atoms. The molecular weight excluding hydrogens is 206 g/mol. The van der Waals surface area contributed by atoms with E-state index >= 15 is 0 Å². The van der Waals surface area contributed by atoms with E-state index in [9.17, 15) is 4.79 Å². The topological polar surface area (TPSA) is 68.0 Å². The van der Waals surface area contributed by atoms with Crippen LogP contribution >= 0.6 is 0 Å². The lowest BCUT2D eigenvalue weighted by Gasteiger charge is -1.98. The zero-order valence-electron chi connectivity index (χ0n) is 8.79. The fourth-order valence-electron chi connectivity index (χ4n) is 1.54. The Hall–Kier alpha value is -2.17.